The van der Waals surface area contributed by atoms with Crippen molar-refractivity contribution >= 4 is 23.0 Å². The van der Waals surface area contributed by atoms with Crippen LogP contribution in [0.15, 0.2) is 48.5 Å². The number of rotatable bonds is 8. The van der Waals surface area contributed by atoms with Crippen molar-refractivity contribution in [3.05, 3.63) is 68.8 Å². The standard InChI is InChI=1S/C10H14N2O3.C6H5NO3.C4H10ClN/c1-11(2)7-8-15-10-5-3-9(4-6-10)12(13)14;8-6-3-1-5(2-4-6)7(9)10;1-6(2)4-3-5/h3-6H,7-8H2,1-2H3;1-4,8H;3-4H2,1-2H3. The van der Waals surface area contributed by atoms with E-state index in [0.717, 1.165) is 19.0 Å². The van der Waals surface area contributed by atoms with Crippen LogP contribution in [0.5, 0.6) is 11.5 Å². The second-order valence-corrected chi connectivity index (χ2v) is 7.05. The lowest BCUT2D eigenvalue weighted by atomic mass is 10.3. The zero-order valence-electron chi connectivity index (χ0n) is 18.1. The van der Waals surface area contributed by atoms with E-state index in [1.54, 1.807) is 12.1 Å². The van der Waals surface area contributed by atoms with Gasteiger partial charge in [-0.25, -0.2) is 0 Å². The summed E-state index contributed by atoms with van der Waals surface area (Å²) < 4.78 is 5.39. The summed E-state index contributed by atoms with van der Waals surface area (Å²) in [6.07, 6.45) is 0. The molecule has 31 heavy (non-hydrogen) atoms. The second-order valence-electron chi connectivity index (χ2n) is 6.67. The molecule has 2 rings (SSSR count). The molecule has 0 aromatic heterocycles. The molecule has 0 saturated carbocycles. The van der Waals surface area contributed by atoms with Gasteiger partial charge in [0.05, 0.1) is 9.85 Å². The van der Waals surface area contributed by atoms with E-state index in [4.69, 9.17) is 21.4 Å². The van der Waals surface area contributed by atoms with Gasteiger partial charge >= 0.3 is 0 Å². The molecule has 0 aliphatic carbocycles. The van der Waals surface area contributed by atoms with E-state index >= 15 is 0 Å². The highest BCUT2D eigenvalue weighted by atomic mass is 35.5. The van der Waals surface area contributed by atoms with E-state index in [9.17, 15) is 20.2 Å². The molecule has 172 valence electrons. The molecule has 2 aromatic rings. The number of phenols is 1. The molecule has 0 aliphatic rings. The summed E-state index contributed by atoms with van der Waals surface area (Å²) in [5.74, 6) is 1.42. The van der Waals surface area contributed by atoms with E-state index in [0.29, 0.717) is 12.4 Å². The number of alkyl halides is 1. The number of hydrogen-bond acceptors (Lipinski definition) is 8. The van der Waals surface area contributed by atoms with Crippen LogP contribution in [0.2, 0.25) is 0 Å². The minimum absolute atomic E-state index is 0.0159. The predicted molar refractivity (Wildman–Crippen MR) is 121 cm³/mol. The molecule has 2 aromatic carbocycles. The molecule has 0 radical (unpaired) electrons. The Kier molecular flexibility index (Phi) is 14.3. The molecule has 0 amide bonds. The van der Waals surface area contributed by atoms with Crippen molar-refractivity contribution in [3.63, 3.8) is 0 Å². The second kappa shape index (κ2) is 15.8. The lowest BCUT2D eigenvalue weighted by molar-refractivity contribution is -0.385. The Balaban J connectivity index is 0.000000484. The molecular weight excluding hydrogens is 428 g/mol. The van der Waals surface area contributed by atoms with Crippen molar-refractivity contribution in [2.45, 2.75) is 0 Å². The molecule has 0 saturated heterocycles. The van der Waals surface area contributed by atoms with Crippen molar-refractivity contribution in [3.8, 4) is 11.5 Å². The van der Waals surface area contributed by atoms with Gasteiger partial charge in [-0.05, 0) is 52.5 Å². The third kappa shape index (κ3) is 14.6. The monoisotopic (exact) mass is 456 g/mol. The van der Waals surface area contributed by atoms with E-state index in [2.05, 4.69) is 0 Å². The maximum atomic E-state index is 10.4. The largest absolute Gasteiger partial charge is 0.508 e. The molecule has 1 N–H and O–H groups in total. The first-order valence-corrected chi connectivity index (χ1v) is 9.76. The van der Waals surface area contributed by atoms with E-state index in [1.807, 2.05) is 38.0 Å². The van der Waals surface area contributed by atoms with Gasteiger partial charge in [0, 0.05) is 43.2 Å². The molecule has 10 nitrogen and oxygen atoms in total. The highest BCUT2D eigenvalue weighted by Crippen LogP contribution is 2.17. The lowest BCUT2D eigenvalue weighted by Crippen LogP contribution is -2.19. The van der Waals surface area contributed by atoms with E-state index < -0.39 is 9.85 Å². The van der Waals surface area contributed by atoms with Crippen molar-refractivity contribution in [1.29, 1.82) is 0 Å². The van der Waals surface area contributed by atoms with Crippen molar-refractivity contribution in [1.82, 2.24) is 9.80 Å². The molecule has 0 spiro atoms. The fourth-order valence-electron chi connectivity index (χ4n) is 1.75. The number of phenolic OH excluding ortho intramolecular Hbond substituents is 1. The fourth-order valence-corrected chi connectivity index (χ4v) is 2.09. The van der Waals surface area contributed by atoms with Crippen LogP contribution in [-0.4, -0.2) is 78.5 Å². The van der Waals surface area contributed by atoms with Crippen LogP contribution in [0.25, 0.3) is 0 Å². The number of ether oxygens (including phenoxy) is 1. The highest BCUT2D eigenvalue weighted by molar-refractivity contribution is 6.18. The zero-order chi connectivity index (χ0) is 23.8. The third-order valence-electron chi connectivity index (χ3n) is 3.45. The van der Waals surface area contributed by atoms with Crippen molar-refractivity contribution < 1.29 is 19.7 Å². The fraction of sp³-hybridized carbons (Fsp3) is 0.400. The molecule has 0 atom stereocenters. The van der Waals surface area contributed by atoms with Crippen molar-refractivity contribution in [2.24, 2.45) is 0 Å². The Morgan fingerprint density at radius 2 is 1.26 bits per heavy atom. The summed E-state index contributed by atoms with van der Waals surface area (Å²) in [6.45, 7) is 2.36. The first-order valence-electron chi connectivity index (χ1n) is 9.23. The highest BCUT2D eigenvalue weighted by Gasteiger charge is 2.04. The predicted octanol–water partition coefficient (Wildman–Crippen LogP) is 3.62. The topological polar surface area (TPSA) is 122 Å². The van der Waals surface area contributed by atoms with E-state index in [-0.39, 0.29) is 17.1 Å². The number of aromatic hydroxyl groups is 1. The lowest BCUT2D eigenvalue weighted by Gasteiger charge is -2.10. The van der Waals surface area contributed by atoms with Crippen LogP contribution in [-0.2, 0) is 0 Å². The van der Waals surface area contributed by atoms with Crippen molar-refractivity contribution in [2.75, 3.05) is 53.8 Å². The number of halogens is 1. The van der Waals surface area contributed by atoms with Gasteiger partial charge in [-0.2, -0.15) is 0 Å². The minimum Gasteiger partial charge on any atom is -0.508 e. The maximum absolute atomic E-state index is 10.4. The Hall–Kier alpha value is -2.95. The van der Waals surface area contributed by atoms with Gasteiger partial charge in [0.1, 0.15) is 18.1 Å². The number of likely N-dealkylation sites (N-methyl/N-ethyl adjacent to an activating group) is 1. The summed E-state index contributed by atoms with van der Waals surface area (Å²) in [5, 5.41) is 29.1. The number of nitrogens with zero attached hydrogens (tertiary/aromatic N) is 4. The summed E-state index contributed by atoms with van der Waals surface area (Å²) in [4.78, 5) is 23.5. The molecular formula is C20H29ClN4O6. The molecule has 11 heteroatoms. The molecule has 0 aliphatic heterocycles. The van der Waals surface area contributed by atoms with Crippen LogP contribution >= 0.6 is 11.6 Å². The number of nitro groups is 2. The quantitative estimate of drug-likeness (QED) is 0.363. The molecule has 0 bridgehead atoms. The summed E-state index contributed by atoms with van der Waals surface area (Å²) in [5.41, 5.74) is 0.0627. The normalized spacial score (nSPS) is 9.90. The van der Waals surface area contributed by atoms with Crippen LogP contribution in [0, 0.1) is 20.2 Å². The third-order valence-corrected chi connectivity index (χ3v) is 3.62. The minimum atomic E-state index is -0.514. The summed E-state index contributed by atoms with van der Waals surface area (Å²) >= 11 is 5.35. The van der Waals surface area contributed by atoms with E-state index in [1.165, 1.54) is 36.4 Å². The maximum Gasteiger partial charge on any atom is 0.269 e. The number of non-ortho nitro benzene ring substituents is 2. The number of hydrogen-bond donors (Lipinski definition) is 1. The van der Waals surface area contributed by atoms with Gasteiger partial charge in [-0.3, -0.25) is 20.2 Å². The Labute approximate surface area is 186 Å². The first-order chi connectivity index (χ1) is 14.6. The summed E-state index contributed by atoms with van der Waals surface area (Å²) in [7, 11) is 7.92. The Morgan fingerprint density at radius 1 is 0.839 bits per heavy atom. The van der Waals surface area contributed by atoms with Gasteiger partial charge in [0.15, 0.2) is 0 Å². The number of benzene rings is 2. The molecule has 0 fully saturated rings. The SMILES string of the molecule is CN(C)CCCl.CN(C)CCOc1ccc([N+](=O)[O-])cc1.O=[N+]([O-])c1ccc(O)cc1. The molecule has 0 unspecified atom stereocenters. The van der Waals surface area contributed by atoms with Crippen LogP contribution < -0.4 is 4.74 Å². The average Bonchev–Trinajstić information content (AvgIpc) is 2.69. The van der Waals surface area contributed by atoms with Gasteiger partial charge in [-0.1, -0.05) is 0 Å². The Bertz CT molecular complexity index is 770. The summed E-state index contributed by atoms with van der Waals surface area (Å²) in [6, 6.07) is 11.1. The Morgan fingerprint density at radius 3 is 1.58 bits per heavy atom. The van der Waals surface area contributed by atoms with Gasteiger partial charge in [0.2, 0.25) is 0 Å². The van der Waals surface area contributed by atoms with Gasteiger partial charge in [-0.15, -0.1) is 11.6 Å². The van der Waals surface area contributed by atoms with Gasteiger partial charge < -0.3 is 19.6 Å². The number of nitro benzene ring substituents is 2. The van der Waals surface area contributed by atoms with Crippen LogP contribution in [0.4, 0.5) is 11.4 Å². The smallest absolute Gasteiger partial charge is 0.269 e. The van der Waals surface area contributed by atoms with Crippen LogP contribution in [0.1, 0.15) is 0 Å². The van der Waals surface area contributed by atoms with Crippen LogP contribution in [0.3, 0.4) is 0 Å². The first kappa shape index (κ1) is 28.1. The molecule has 0 heterocycles. The zero-order valence-corrected chi connectivity index (χ0v) is 18.9. The van der Waals surface area contributed by atoms with Gasteiger partial charge in [0.25, 0.3) is 11.4 Å². The average molecular weight is 457 g/mol.